The van der Waals surface area contributed by atoms with Gasteiger partial charge in [0.25, 0.3) is 0 Å². The topological polar surface area (TPSA) is 73.6 Å². The minimum Gasteiger partial charge on any atom is -0.489 e. The minimum absolute atomic E-state index is 0.00476. The number of ether oxygens (including phenoxy) is 2. The number of aryl methyl sites for hydroxylation is 1. The van der Waals surface area contributed by atoms with E-state index in [1.54, 1.807) is 0 Å². The van der Waals surface area contributed by atoms with E-state index in [0.29, 0.717) is 0 Å². The van der Waals surface area contributed by atoms with Crippen LogP contribution in [0.1, 0.15) is 13.3 Å². The molecule has 0 spiro atoms. The molecule has 0 saturated heterocycles. The van der Waals surface area contributed by atoms with Crippen molar-refractivity contribution >= 4 is 29.2 Å². The van der Waals surface area contributed by atoms with Crippen LogP contribution in [0.4, 0.5) is 13.2 Å². The molecule has 6 nitrogen and oxygen atoms in total. The standard InChI is InChI=1S/C15H13Cl2F3N2O4/c1-6(3-11(23)24)25-10-4-7(9(18)5-8(10)16)13-12(17)14(22(2)21-13)26-15(19)20/h4-6,15H,3H2,1-2H3,(H,23,24). The monoisotopic (exact) mass is 412 g/mol. The van der Waals surface area contributed by atoms with Crippen LogP contribution in [0.15, 0.2) is 12.1 Å². The second kappa shape index (κ2) is 8.05. The first-order valence-electron chi connectivity index (χ1n) is 7.15. The SMILES string of the molecule is CC(CC(=O)O)Oc1cc(-c2nn(C)c(OC(F)F)c2Cl)c(F)cc1Cl. The summed E-state index contributed by atoms with van der Waals surface area (Å²) in [6.45, 7) is -1.64. The van der Waals surface area contributed by atoms with E-state index >= 15 is 0 Å². The molecular weight excluding hydrogens is 400 g/mol. The Morgan fingerprint density at radius 2 is 2.00 bits per heavy atom. The summed E-state index contributed by atoms with van der Waals surface area (Å²) in [5.74, 6) is -2.35. The lowest BCUT2D eigenvalue weighted by Crippen LogP contribution is -2.16. The first kappa shape index (κ1) is 20.2. The van der Waals surface area contributed by atoms with E-state index < -0.39 is 30.4 Å². The van der Waals surface area contributed by atoms with Crippen LogP contribution in [0.2, 0.25) is 10.0 Å². The van der Waals surface area contributed by atoms with Gasteiger partial charge in [0.05, 0.1) is 11.4 Å². The summed E-state index contributed by atoms with van der Waals surface area (Å²) in [5.41, 5.74) is -0.327. The Hall–Kier alpha value is -2.13. The Bertz CT molecular complexity index is 830. The molecule has 0 radical (unpaired) electrons. The first-order valence-corrected chi connectivity index (χ1v) is 7.90. The number of carboxylic acid groups (broad SMARTS) is 1. The van der Waals surface area contributed by atoms with Crippen molar-refractivity contribution in [2.24, 2.45) is 7.05 Å². The maximum atomic E-state index is 14.3. The number of carbonyl (C=O) groups is 1. The maximum absolute atomic E-state index is 14.3. The molecule has 1 aromatic heterocycles. The van der Waals surface area contributed by atoms with E-state index in [9.17, 15) is 18.0 Å². The van der Waals surface area contributed by atoms with Gasteiger partial charge >= 0.3 is 12.6 Å². The maximum Gasteiger partial charge on any atom is 0.388 e. The van der Waals surface area contributed by atoms with Crippen LogP contribution in [0.5, 0.6) is 11.6 Å². The van der Waals surface area contributed by atoms with Crippen molar-refractivity contribution in [2.75, 3.05) is 0 Å². The molecule has 11 heteroatoms. The highest BCUT2D eigenvalue weighted by molar-refractivity contribution is 6.34. The van der Waals surface area contributed by atoms with Crippen molar-refractivity contribution in [3.8, 4) is 22.9 Å². The minimum atomic E-state index is -3.14. The van der Waals surface area contributed by atoms with Crippen molar-refractivity contribution in [1.29, 1.82) is 0 Å². The lowest BCUT2D eigenvalue weighted by atomic mass is 10.1. The van der Waals surface area contributed by atoms with Crippen LogP contribution in [0, 0.1) is 5.82 Å². The second-order valence-corrected chi connectivity index (χ2v) is 6.04. The predicted molar refractivity (Wildman–Crippen MR) is 87.6 cm³/mol. The highest BCUT2D eigenvalue weighted by Gasteiger charge is 2.24. The summed E-state index contributed by atoms with van der Waals surface area (Å²) in [4.78, 5) is 10.7. The molecule has 0 aliphatic heterocycles. The Balaban J connectivity index is 2.44. The van der Waals surface area contributed by atoms with Gasteiger partial charge in [0.1, 0.15) is 28.4 Å². The lowest BCUT2D eigenvalue weighted by molar-refractivity contribution is -0.138. The Morgan fingerprint density at radius 3 is 2.58 bits per heavy atom. The van der Waals surface area contributed by atoms with Gasteiger partial charge in [0.2, 0.25) is 5.88 Å². The van der Waals surface area contributed by atoms with Gasteiger partial charge in [-0.15, -0.1) is 0 Å². The fourth-order valence-corrected chi connectivity index (χ4v) is 2.67. The van der Waals surface area contributed by atoms with Gasteiger partial charge in [-0.1, -0.05) is 23.2 Å². The third kappa shape index (κ3) is 4.53. The van der Waals surface area contributed by atoms with Crippen LogP contribution in [0.25, 0.3) is 11.3 Å². The molecule has 1 unspecified atom stereocenters. The number of aromatic nitrogens is 2. The predicted octanol–water partition coefficient (Wildman–Crippen LogP) is 4.38. The Labute approximate surface area is 156 Å². The van der Waals surface area contributed by atoms with E-state index in [1.807, 2.05) is 0 Å². The van der Waals surface area contributed by atoms with Gasteiger partial charge in [0.15, 0.2) is 0 Å². The van der Waals surface area contributed by atoms with Gasteiger partial charge in [-0.3, -0.25) is 4.79 Å². The zero-order valence-corrected chi connectivity index (χ0v) is 15.0. The number of benzene rings is 1. The average molecular weight is 413 g/mol. The van der Waals surface area contributed by atoms with Crippen LogP contribution < -0.4 is 9.47 Å². The number of carboxylic acids is 1. The number of rotatable bonds is 7. The second-order valence-electron chi connectivity index (χ2n) is 5.26. The van der Waals surface area contributed by atoms with E-state index in [2.05, 4.69) is 9.84 Å². The quantitative estimate of drug-likeness (QED) is 0.730. The fourth-order valence-electron chi connectivity index (χ4n) is 2.17. The molecule has 0 aliphatic rings. The molecule has 0 bridgehead atoms. The third-order valence-corrected chi connectivity index (χ3v) is 3.84. The normalized spacial score (nSPS) is 12.3. The molecule has 1 N–H and O–H groups in total. The summed E-state index contributed by atoms with van der Waals surface area (Å²) < 4.78 is 49.8. The van der Waals surface area contributed by atoms with Crippen molar-refractivity contribution < 1.29 is 32.5 Å². The van der Waals surface area contributed by atoms with E-state index in [1.165, 1.54) is 14.0 Å². The molecule has 0 saturated carbocycles. The zero-order valence-electron chi connectivity index (χ0n) is 13.5. The van der Waals surface area contributed by atoms with E-state index in [0.717, 1.165) is 16.8 Å². The largest absolute Gasteiger partial charge is 0.489 e. The van der Waals surface area contributed by atoms with Crippen LogP contribution >= 0.6 is 23.2 Å². The molecule has 0 fully saturated rings. The molecule has 26 heavy (non-hydrogen) atoms. The number of hydrogen-bond donors (Lipinski definition) is 1. The van der Waals surface area contributed by atoms with Crippen molar-refractivity contribution in [3.05, 3.63) is 28.0 Å². The molecule has 1 heterocycles. The van der Waals surface area contributed by atoms with Gasteiger partial charge in [-0.05, 0) is 19.1 Å². The van der Waals surface area contributed by atoms with Gasteiger partial charge in [0, 0.05) is 12.6 Å². The first-order chi connectivity index (χ1) is 12.1. The van der Waals surface area contributed by atoms with Crippen molar-refractivity contribution in [3.63, 3.8) is 0 Å². The third-order valence-electron chi connectivity index (χ3n) is 3.21. The summed E-state index contributed by atoms with van der Waals surface area (Å²) in [7, 11) is 1.30. The molecule has 1 atom stereocenters. The van der Waals surface area contributed by atoms with E-state index in [4.69, 9.17) is 33.0 Å². The molecule has 142 valence electrons. The van der Waals surface area contributed by atoms with Gasteiger partial charge in [-0.2, -0.15) is 13.9 Å². The van der Waals surface area contributed by atoms with Gasteiger partial charge < -0.3 is 14.6 Å². The molecule has 0 amide bonds. The highest BCUT2D eigenvalue weighted by Crippen LogP contribution is 2.40. The lowest BCUT2D eigenvalue weighted by Gasteiger charge is -2.15. The van der Waals surface area contributed by atoms with Crippen LogP contribution in [0.3, 0.4) is 0 Å². The molecule has 1 aromatic carbocycles. The summed E-state index contributed by atoms with van der Waals surface area (Å²) in [6.07, 6.45) is -1.06. The van der Waals surface area contributed by atoms with Crippen molar-refractivity contribution in [1.82, 2.24) is 9.78 Å². The van der Waals surface area contributed by atoms with Crippen molar-refractivity contribution in [2.45, 2.75) is 26.1 Å². The summed E-state index contributed by atoms with van der Waals surface area (Å²) >= 11 is 11.9. The smallest absolute Gasteiger partial charge is 0.388 e. The molecule has 2 rings (SSSR count). The van der Waals surface area contributed by atoms with E-state index in [-0.39, 0.29) is 33.5 Å². The number of halogens is 5. The molecule has 0 aliphatic carbocycles. The summed E-state index contributed by atoms with van der Waals surface area (Å²) in [6, 6.07) is 2.09. The number of hydrogen-bond acceptors (Lipinski definition) is 4. The summed E-state index contributed by atoms with van der Waals surface area (Å²) in [5, 5.41) is 12.2. The fraction of sp³-hybridized carbons (Fsp3) is 0.333. The highest BCUT2D eigenvalue weighted by atomic mass is 35.5. The number of nitrogens with zero attached hydrogens (tertiary/aromatic N) is 2. The van der Waals surface area contributed by atoms with Crippen LogP contribution in [-0.4, -0.2) is 33.6 Å². The number of aliphatic carboxylic acids is 1. The average Bonchev–Trinajstić information content (AvgIpc) is 2.77. The molecule has 2 aromatic rings. The van der Waals surface area contributed by atoms with Gasteiger partial charge in [-0.25, -0.2) is 9.07 Å². The van der Waals surface area contributed by atoms with Crippen LogP contribution in [-0.2, 0) is 11.8 Å². The molecular formula is C15H13Cl2F3N2O4. The Kier molecular flexibility index (Phi) is 6.25. The number of alkyl halides is 2. The zero-order chi connectivity index (χ0) is 19.6. The Morgan fingerprint density at radius 1 is 1.35 bits per heavy atom.